The van der Waals surface area contributed by atoms with E-state index in [4.69, 9.17) is 9.15 Å². The first kappa shape index (κ1) is 16.6. The maximum Gasteiger partial charge on any atom is 0.328 e. The second-order valence-electron chi connectivity index (χ2n) is 6.52. The van der Waals surface area contributed by atoms with Gasteiger partial charge in [0.25, 0.3) is 5.91 Å². The fourth-order valence-electron chi connectivity index (χ4n) is 3.30. The second-order valence-corrected chi connectivity index (χ2v) is 6.52. The zero-order valence-electron chi connectivity index (χ0n) is 14.7. The lowest BCUT2D eigenvalue weighted by Crippen LogP contribution is -2.19. The number of nitrogens with zero attached hydrogens (tertiary/aromatic N) is 3. The summed E-state index contributed by atoms with van der Waals surface area (Å²) in [6.07, 6.45) is 3.08. The topological polar surface area (TPSA) is 91.3 Å². The number of nitrogens with one attached hydrogen (secondary N) is 1. The number of anilines is 1. The fraction of sp³-hybridized carbons (Fsp3) is 0.389. The number of hydrogen-bond acceptors (Lipinski definition) is 5. The molecule has 1 fully saturated rings. The molecular weight excluding hydrogens is 336 g/mol. The van der Waals surface area contributed by atoms with Crippen LogP contribution in [0.4, 0.5) is 5.69 Å². The summed E-state index contributed by atoms with van der Waals surface area (Å²) in [7, 11) is 3.42. The van der Waals surface area contributed by atoms with Gasteiger partial charge in [-0.25, -0.2) is 9.78 Å². The minimum absolute atomic E-state index is 0.110. The Morgan fingerprint density at radius 1 is 1.19 bits per heavy atom. The first-order valence-electron chi connectivity index (χ1n) is 8.54. The molecule has 4 rings (SSSR count). The third kappa shape index (κ3) is 2.82. The fourth-order valence-corrected chi connectivity index (χ4v) is 3.30. The molecule has 3 heterocycles. The maximum atomic E-state index is 12.5. The quantitative estimate of drug-likeness (QED) is 0.775. The minimum atomic E-state index is -0.340. The number of carbonyl (C=O) groups is 1. The van der Waals surface area contributed by atoms with Crippen LogP contribution < -0.4 is 11.0 Å². The Bertz CT molecular complexity index is 1020. The lowest BCUT2D eigenvalue weighted by atomic mass is 10.0. The highest BCUT2D eigenvalue weighted by atomic mass is 16.5. The summed E-state index contributed by atoms with van der Waals surface area (Å²) >= 11 is 0. The molecule has 0 aliphatic carbocycles. The zero-order valence-corrected chi connectivity index (χ0v) is 14.7. The van der Waals surface area contributed by atoms with Gasteiger partial charge < -0.3 is 14.5 Å². The van der Waals surface area contributed by atoms with E-state index in [-0.39, 0.29) is 23.2 Å². The summed E-state index contributed by atoms with van der Waals surface area (Å²) in [5.41, 5.74) is 2.28. The van der Waals surface area contributed by atoms with Gasteiger partial charge >= 0.3 is 5.69 Å². The van der Waals surface area contributed by atoms with Gasteiger partial charge in [-0.1, -0.05) is 0 Å². The van der Waals surface area contributed by atoms with Crippen LogP contribution in [0, 0.1) is 0 Å². The minimum Gasteiger partial charge on any atom is -0.448 e. The number of benzene rings is 1. The number of fused-ring (bicyclic) bond motifs is 1. The van der Waals surface area contributed by atoms with Crippen molar-refractivity contribution in [1.82, 2.24) is 14.1 Å². The molecule has 1 N–H and O–H groups in total. The van der Waals surface area contributed by atoms with Gasteiger partial charge in [0.15, 0.2) is 11.6 Å². The number of oxazole rings is 1. The van der Waals surface area contributed by atoms with Gasteiger partial charge in [-0.05, 0) is 31.0 Å². The molecule has 2 aromatic heterocycles. The number of carbonyl (C=O) groups excluding carboxylic acids is 1. The molecule has 0 bridgehead atoms. The molecule has 0 unspecified atom stereocenters. The monoisotopic (exact) mass is 356 g/mol. The summed E-state index contributed by atoms with van der Waals surface area (Å²) in [5.74, 6) is 0.437. The number of hydrogen-bond donors (Lipinski definition) is 1. The van der Waals surface area contributed by atoms with Gasteiger partial charge in [-0.3, -0.25) is 13.9 Å². The van der Waals surface area contributed by atoms with Gasteiger partial charge in [-0.2, -0.15) is 0 Å². The van der Waals surface area contributed by atoms with E-state index in [2.05, 4.69) is 10.3 Å². The molecule has 26 heavy (non-hydrogen) atoms. The molecule has 0 saturated carbocycles. The zero-order chi connectivity index (χ0) is 18.3. The van der Waals surface area contributed by atoms with Crippen LogP contribution in [-0.4, -0.2) is 33.2 Å². The second kappa shape index (κ2) is 6.45. The molecule has 1 aliphatic heterocycles. The van der Waals surface area contributed by atoms with E-state index < -0.39 is 0 Å². The third-order valence-electron chi connectivity index (χ3n) is 4.85. The van der Waals surface area contributed by atoms with E-state index in [1.807, 2.05) is 6.07 Å². The Morgan fingerprint density at radius 2 is 1.92 bits per heavy atom. The van der Waals surface area contributed by atoms with Crippen LogP contribution in [0.15, 0.2) is 33.7 Å². The maximum absolute atomic E-state index is 12.5. The molecular formula is C18H20N4O4. The van der Waals surface area contributed by atoms with Gasteiger partial charge in [-0.15, -0.1) is 0 Å². The number of ether oxygens (including phenoxy) is 1. The van der Waals surface area contributed by atoms with E-state index in [0.29, 0.717) is 24.8 Å². The lowest BCUT2D eigenvalue weighted by molar-refractivity contribution is 0.0794. The van der Waals surface area contributed by atoms with Gasteiger partial charge in [0, 0.05) is 38.9 Å². The van der Waals surface area contributed by atoms with Crippen LogP contribution in [0.2, 0.25) is 0 Å². The molecule has 8 heteroatoms. The van der Waals surface area contributed by atoms with Gasteiger partial charge in [0.05, 0.1) is 11.0 Å². The Kier molecular flexibility index (Phi) is 4.12. The number of imidazole rings is 1. The van der Waals surface area contributed by atoms with E-state index in [0.717, 1.165) is 23.9 Å². The summed E-state index contributed by atoms with van der Waals surface area (Å²) in [5, 5.41) is 2.81. The average molecular weight is 356 g/mol. The summed E-state index contributed by atoms with van der Waals surface area (Å²) in [6, 6.07) is 5.34. The molecule has 1 amide bonds. The van der Waals surface area contributed by atoms with Crippen molar-refractivity contribution in [2.45, 2.75) is 18.8 Å². The highest BCUT2D eigenvalue weighted by molar-refractivity contribution is 6.03. The van der Waals surface area contributed by atoms with Crippen LogP contribution in [0.1, 0.15) is 35.1 Å². The molecule has 8 nitrogen and oxygen atoms in total. The predicted molar refractivity (Wildman–Crippen MR) is 95.4 cm³/mol. The van der Waals surface area contributed by atoms with E-state index >= 15 is 0 Å². The number of rotatable bonds is 3. The van der Waals surface area contributed by atoms with Gasteiger partial charge in [0.1, 0.15) is 6.26 Å². The Balaban J connectivity index is 1.54. The van der Waals surface area contributed by atoms with Crippen molar-refractivity contribution in [2.24, 2.45) is 14.1 Å². The molecule has 0 atom stereocenters. The largest absolute Gasteiger partial charge is 0.448 e. The molecule has 136 valence electrons. The van der Waals surface area contributed by atoms with Crippen molar-refractivity contribution in [2.75, 3.05) is 18.5 Å². The lowest BCUT2D eigenvalue weighted by Gasteiger charge is -2.18. The van der Waals surface area contributed by atoms with Crippen molar-refractivity contribution in [1.29, 1.82) is 0 Å². The van der Waals surface area contributed by atoms with Crippen molar-refractivity contribution < 1.29 is 13.9 Å². The third-order valence-corrected chi connectivity index (χ3v) is 4.85. The molecule has 1 saturated heterocycles. The van der Waals surface area contributed by atoms with Crippen LogP contribution >= 0.6 is 0 Å². The van der Waals surface area contributed by atoms with E-state index in [1.54, 1.807) is 35.4 Å². The molecule has 1 aliphatic rings. The molecule has 1 aromatic carbocycles. The van der Waals surface area contributed by atoms with Gasteiger partial charge in [0.2, 0.25) is 0 Å². The smallest absolute Gasteiger partial charge is 0.328 e. The van der Waals surface area contributed by atoms with Crippen molar-refractivity contribution in [3.8, 4) is 0 Å². The van der Waals surface area contributed by atoms with Crippen LogP contribution in [0.3, 0.4) is 0 Å². The van der Waals surface area contributed by atoms with Crippen LogP contribution in [0.5, 0.6) is 0 Å². The molecule has 0 radical (unpaired) electrons. The highest BCUT2D eigenvalue weighted by Crippen LogP contribution is 2.26. The SMILES string of the molecule is Cn1c(=O)n(C)c2cc(NC(=O)c3coc(C4CCOCC4)n3)ccc21. The standard InChI is InChI=1S/C18H20N4O4/c1-21-14-4-3-12(9-15(14)22(2)18(21)24)19-16(23)13-10-26-17(20-13)11-5-7-25-8-6-11/h3-4,9-11H,5-8H2,1-2H3,(H,19,23). The van der Waals surface area contributed by atoms with Crippen LogP contribution in [0.25, 0.3) is 11.0 Å². The number of aryl methyl sites for hydroxylation is 2. The summed E-state index contributed by atoms with van der Waals surface area (Å²) in [4.78, 5) is 28.8. The first-order valence-corrected chi connectivity index (χ1v) is 8.54. The molecule has 0 spiro atoms. The van der Waals surface area contributed by atoms with E-state index in [9.17, 15) is 9.59 Å². The molecule has 3 aromatic rings. The number of aromatic nitrogens is 3. The summed E-state index contributed by atoms with van der Waals surface area (Å²) in [6.45, 7) is 1.37. The Hall–Kier alpha value is -2.87. The predicted octanol–water partition coefficient (Wildman–Crippen LogP) is 2.01. The van der Waals surface area contributed by atoms with Crippen molar-refractivity contribution in [3.05, 3.63) is 46.5 Å². The number of amides is 1. The first-order chi connectivity index (χ1) is 12.5. The van der Waals surface area contributed by atoms with Crippen molar-refractivity contribution in [3.63, 3.8) is 0 Å². The van der Waals surface area contributed by atoms with Crippen molar-refractivity contribution >= 4 is 22.6 Å². The highest BCUT2D eigenvalue weighted by Gasteiger charge is 2.22. The average Bonchev–Trinajstić information content (AvgIpc) is 3.24. The Labute approximate surface area is 149 Å². The summed E-state index contributed by atoms with van der Waals surface area (Å²) < 4.78 is 13.9. The van der Waals surface area contributed by atoms with Crippen LogP contribution in [-0.2, 0) is 18.8 Å². The van der Waals surface area contributed by atoms with E-state index in [1.165, 1.54) is 6.26 Å². The normalized spacial score (nSPS) is 15.5. The Morgan fingerprint density at radius 3 is 2.69 bits per heavy atom.